The van der Waals surface area contributed by atoms with Crippen molar-refractivity contribution in [3.63, 3.8) is 0 Å². The maximum Gasteiger partial charge on any atom is 0.281 e. The summed E-state index contributed by atoms with van der Waals surface area (Å²) >= 11 is 0. The number of nitrogens with one attached hydrogen (secondary N) is 2. The van der Waals surface area contributed by atoms with Crippen molar-refractivity contribution in [2.24, 2.45) is 0 Å². The molecule has 0 atom stereocenters. The van der Waals surface area contributed by atoms with Crippen molar-refractivity contribution in [3.8, 4) is 0 Å². The second kappa shape index (κ2) is 7.72. The Morgan fingerprint density at radius 3 is 2.66 bits per heavy atom. The van der Waals surface area contributed by atoms with E-state index in [4.69, 9.17) is 4.74 Å². The van der Waals surface area contributed by atoms with E-state index in [1.165, 1.54) is 4.52 Å². The van der Waals surface area contributed by atoms with Gasteiger partial charge in [-0.25, -0.2) is 18.1 Å². The van der Waals surface area contributed by atoms with Crippen LogP contribution in [-0.4, -0.2) is 47.5 Å². The minimum absolute atomic E-state index is 0.0225. The molecule has 1 fully saturated rings. The first-order chi connectivity index (χ1) is 15.3. The van der Waals surface area contributed by atoms with Gasteiger partial charge in [-0.05, 0) is 56.5 Å². The van der Waals surface area contributed by atoms with Crippen molar-refractivity contribution in [3.05, 3.63) is 57.9 Å². The summed E-state index contributed by atoms with van der Waals surface area (Å²) in [7, 11) is -3.98. The molecule has 1 saturated heterocycles. The van der Waals surface area contributed by atoms with Crippen LogP contribution in [0, 0.1) is 13.8 Å². The molecular weight excluding hydrogens is 430 g/mol. The zero-order valence-corrected chi connectivity index (χ0v) is 18.6. The van der Waals surface area contributed by atoms with Gasteiger partial charge >= 0.3 is 0 Å². The molecule has 0 saturated carbocycles. The lowest BCUT2D eigenvalue weighted by Crippen LogP contribution is -2.27. The Labute approximate surface area is 184 Å². The molecule has 0 unspecified atom stereocenters. The SMILES string of the molecule is Cc1ccc(S(=O)(=O)c2n[nH]n3c2nc(=O)c2ccc(NC4CCOCC4)cc23)c(C)c1. The lowest BCUT2D eigenvalue weighted by atomic mass is 10.1. The minimum atomic E-state index is -3.98. The topological polar surface area (TPSA) is 118 Å². The fourth-order valence-electron chi connectivity index (χ4n) is 4.16. The Bertz CT molecular complexity index is 1500. The Morgan fingerprint density at radius 2 is 1.91 bits per heavy atom. The van der Waals surface area contributed by atoms with Gasteiger partial charge < -0.3 is 10.1 Å². The van der Waals surface area contributed by atoms with E-state index in [1.54, 1.807) is 31.2 Å². The molecule has 4 aromatic rings. The standard InChI is InChI=1S/C22H23N5O4S/c1-13-3-6-19(14(2)11-13)32(29,30)22-20-24-21(28)17-5-4-16(12-18(17)27(20)26-25-22)23-15-7-9-31-10-8-15/h3-6,11-12,15,23,26H,7-10H2,1-2H3. The molecule has 1 aliphatic heterocycles. The molecule has 0 radical (unpaired) electrons. The highest BCUT2D eigenvalue weighted by atomic mass is 32.2. The monoisotopic (exact) mass is 453 g/mol. The van der Waals surface area contributed by atoms with Crippen LogP contribution < -0.4 is 10.9 Å². The van der Waals surface area contributed by atoms with Gasteiger partial charge in [0.2, 0.25) is 14.9 Å². The number of H-pyrrole nitrogens is 1. The van der Waals surface area contributed by atoms with E-state index < -0.39 is 15.4 Å². The highest BCUT2D eigenvalue weighted by molar-refractivity contribution is 7.91. The van der Waals surface area contributed by atoms with E-state index in [1.807, 2.05) is 19.1 Å². The maximum absolute atomic E-state index is 13.4. The zero-order chi connectivity index (χ0) is 22.5. The Balaban J connectivity index is 1.65. The van der Waals surface area contributed by atoms with Crippen molar-refractivity contribution in [1.29, 1.82) is 0 Å². The average Bonchev–Trinajstić information content (AvgIpc) is 3.19. The van der Waals surface area contributed by atoms with Crippen LogP contribution in [0.4, 0.5) is 5.69 Å². The van der Waals surface area contributed by atoms with E-state index in [9.17, 15) is 13.2 Å². The van der Waals surface area contributed by atoms with Gasteiger partial charge in [0, 0.05) is 24.9 Å². The van der Waals surface area contributed by atoms with Gasteiger partial charge in [0.05, 0.1) is 15.8 Å². The number of ether oxygens (including phenoxy) is 1. The molecule has 2 aromatic carbocycles. The first-order valence-electron chi connectivity index (χ1n) is 10.4. The molecule has 2 aromatic heterocycles. The summed E-state index contributed by atoms with van der Waals surface area (Å²) in [5.41, 5.74) is 2.38. The van der Waals surface area contributed by atoms with Gasteiger partial charge in [-0.15, -0.1) is 5.10 Å². The van der Waals surface area contributed by atoms with Gasteiger partial charge in [-0.2, -0.15) is 4.98 Å². The second-order valence-electron chi connectivity index (χ2n) is 8.13. The first-order valence-corrected chi connectivity index (χ1v) is 11.9. The number of aryl methyl sites for hydroxylation is 2. The average molecular weight is 454 g/mol. The third kappa shape index (κ3) is 3.45. The third-order valence-electron chi connectivity index (χ3n) is 5.80. The number of hydrogen-bond donors (Lipinski definition) is 2. The number of benzene rings is 2. The second-order valence-corrected chi connectivity index (χ2v) is 9.96. The quantitative estimate of drug-likeness (QED) is 0.488. The van der Waals surface area contributed by atoms with Crippen molar-refractivity contribution in [2.75, 3.05) is 18.5 Å². The Hall–Kier alpha value is -3.24. The molecule has 32 heavy (non-hydrogen) atoms. The largest absolute Gasteiger partial charge is 0.382 e. The molecule has 0 spiro atoms. The molecule has 5 rings (SSSR count). The van der Waals surface area contributed by atoms with E-state index in [0.717, 1.165) is 24.1 Å². The van der Waals surface area contributed by atoms with Crippen LogP contribution in [0.15, 0.2) is 51.1 Å². The number of fused-ring (bicyclic) bond motifs is 3. The van der Waals surface area contributed by atoms with Crippen molar-refractivity contribution in [2.45, 2.75) is 42.7 Å². The molecule has 2 N–H and O–H groups in total. The third-order valence-corrected chi connectivity index (χ3v) is 7.62. The predicted molar refractivity (Wildman–Crippen MR) is 120 cm³/mol. The lowest BCUT2D eigenvalue weighted by Gasteiger charge is -2.24. The van der Waals surface area contributed by atoms with Crippen LogP contribution in [0.2, 0.25) is 0 Å². The van der Waals surface area contributed by atoms with Gasteiger partial charge in [0.1, 0.15) is 0 Å². The normalized spacial score (nSPS) is 15.4. The summed E-state index contributed by atoms with van der Waals surface area (Å²) in [6.07, 6.45) is 1.79. The predicted octanol–water partition coefficient (Wildman–Crippen LogP) is 2.61. The molecule has 3 heterocycles. The maximum atomic E-state index is 13.4. The fourth-order valence-corrected chi connectivity index (χ4v) is 5.64. The summed E-state index contributed by atoms with van der Waals surface area (Å²) < 4.78 is 33.6. The van der Waals surface area contributed by atoms with Gasteiger partial charge in [-0.1, -0.05) is 17.7 Å². The van der Waals surface area contributed by atoms with Crippen molar-refractivity contribution in [1.82, 2.24) is 19.8 Å². The smallest absolute Gasteiger partial charge is 0.281 e. The zero-order valence-electron chi connectivity index (χ0n) is 17.8. The number of sulfone groups is 1. The van der Waals surface area contributed by atoms with Crippen LogP contribution in [-0.2, 0) is 14.6 Å². The van der Waals surface area contributed by atoms with Crippen LogP contribution in [0.5, 0.6) is 0 Å². The number of hydrogen-bond acceptors (Lipinski definition) is 7. The van der Waals surface area contributed by atoms with Crippen molar-refractivity contribution < 1.29 is 13.2 Å². The molecule has 0 bridgehead atoms. The number of anilines is 1. The molecule has 166 valence electrons. The molecular formula is C22H23N5O4S. The summed E-state index contributed by atoms with van der Waals surface area (Å²) in [6, 6.07) is 10.7. The van der Waals surface area contributed by atoms with Crippen LogP contribution in [0.25, 0.3) is 16.6 Å². The highest BCUT2D eigenvalue weighted by Crippen LogP contribution is 2.27. The number of rotatable bonds is 4. The molecule has 0 amide bonds. The van der Waals surface area contributed by atoms with Crippen LogP contribution in [0.3, 0.4) is 0 Å². The van der Waals surface area contributed by atoms with Gasteiger partial charge in [-0.3, -0.25) is 4.79 Å². The summed E-state index contributed by atoms with van der Waals surface area (Å²) in [5.74, 6) is 0. The first kappa shape index (κ1) is 20.7. The van der Waals surface area contributed by atoms with Crippen LogP contribution in [0.1, 0.15) is 24.0 Å². The fraction of sp³-hybridized carbons (Fsp3) is 0.318. The number of aromatic nitrogens is 4. The van der Waals surface area contributed by atoms with Crippen molar-refractivity contribution >= 4 is 32.1 Å². The molecule has 9 nitrogen and oxygen atoms in total. The molecule has 10 heteroatoms. The lowest BCUT2D eigenvalue weighted by molar-refractivity contribution is 0.0904. The Morgan fingerprint density at radius 1 is 1.12 bits per heavy atom. The Kier molecular flexibility index (Phi) is 4.98. The van der Waals surface area contributed by atoms with E-state index in [-0.39, 0.29) is 21.6 Å². The highest BCUT2D eigenvalue weighted by Gasteiger charge is 2.28. The summed E-state index contributed by atoms with van der Waals surface area (Å²) in [4.78, 5) is 16.9. The number of nitrogens with zero attached hydrogens (tertiary/aromatic N) is 3. The van der Waals surface area contributed by atoms with E-state index >= 15 is 0 Å². The van der Waals surface area contributed by atoms with E-state index in [2.05, 4.69) is 20.6 Å². The van der Waals surface area contributed by atoms with E-state index in [0.29, 0.717) is 29.7 Å². The number of aromatic amines is 1. The minimum Gasteiger partial charge on any atom is -0.382 e. The van der Waals surface area contributed by atoms with Gasteiger partial charge in [0.15, 0.2) is 5.65 Å². The summed E-state index contributed by atoms with van der Waals surface area (Å²) in [6.45, 7) is 5.04. The summed E-state index contributed by atoms with van der Waals surface area (Å²) in [5, 5.41) is 10.4. The molecule has 1 aliphatic rings. The molecule has 0 aliphatic carbocycles. The van der Waals surface area contributed by atoms with Gasteiger partial charge in [0.25, 0.3) is 5.56 Å². The van der Waals surface area contributed by atoms with Crippen LogP contribution >= 0.6 is 0 Å².